The Morgan fingerprint density at radius 1 is 0.944 bits per heavy atom. The van der Waals surface area contributed by atoms with Gasteiger partial charge in [0.15, 0.2) is 0 Å². The number of hydrogen-bond donors (Lipinski definition) is 1. The Morgan fingerprint density at radius 2 is 1.61 bits per heavy atom. The lowest BCUT2D eigenvalue weighted by Gasteiger charge is -2.43. The van der Waals surface area contributed by atoms with Gasteiger partial charge in [0.05, 0.1) is 22.5 Å². The fourth-order valence-corrected chi connectivity index (χ4v) is 10.4. The minimum Gasteiger partial charge on any atom is -0.378 e. The lowest BCUT2D eigenvalue weighted by Crippen LogP contribution is -2.42. The molecule has 1 N–H and O–H groups in total. The highest BCUT2D eigenvalue weighted by molar-refractivity contribution is 9.10. The number of anilines is 2. The maximum absolute atomic E-state index is 13.8. The van der Waals surface area contributed by atoms with Crippen molar-refractivity contribution in [3.8, 4) is 0 Å². The minimum absolute atomic E-state index is 0.0384. The van der Waals surface area contributed by atoms with E-state index in [-0.39, 0.29) is 57.4 Å². The average molecular weight is 583 g/mol. The number of aromatic nitrogens is 1. The average Bonchev–Trinajstić information content (AvgIpc) is 3.59. The standard InChI is InChI=1S/C27H24BrN3O3S2/c1-30(2)14-7-3-12(4-8-14)18-19-16-11-17(22(19)35-24-23(18)36-27(34)29-24)21-20(16)25(32)31(26(21)33)15-9-5-13(28)6-10-15/h3-10,16-22H,11H2,1-2H3,(H,29,34)/t16-,17-,18?,19?,20?,21?,22?/m1/s1. The molecule has 6 nitrogen and oxygen atoms in total. The zero-order valence-electron chi connectivity index (χ0n) is 19.7. The second kappa shape index (κ2) is 8.07. The van der Waals surface area contributed by atoms with Crippen LogP contribution in [0.15, 0.2) is 62.8 Å². The second-order valence-electron chi connectivity index (χ2n) is 10.4. The van der Waals surface area contributed by atoms with Gasteiger partial charge in [-0.25, -0.2) is 0 Å². The van der Waals surface area contributed by atoms with Gasteiger partial charge >= 0.3 is 4.87 Å². The molecule has 2 aliphatic heterocycles. The molecular weight excluding hydrogens is 558 g/mol. The molecule has 2 aliphatic carbocycles. The summed E-state index contributed by atoms with van der Waals surface area (Å²) < 4.78 is 0.913. The van der Waals surface area contributed by atoms with Crippen LogP contribution in [-0.2, 0) is 9.59 Å². The first kappa shape index (κ1) is 22.8. The number of thioether (sulfide) groups is 1. The third-order valence-corrected chi connectivity index (χ3v) is 11.7. The van der Waals surface area contributed by atoms with Crippen molar-refractivity contribution in [1.29, 1.82) is 0 Å². The Morgan fingerprint density at radius 3 is 2.28 bits per heavy atom. The third-order valence-electron chi connectivity index (χ3n) is 8.58. The van der Waals surface area contributed by atoms with Crippen molar-refractivity contribution in [3.05, 3.63) is 73.1 Å². The predicted molar refractivity (Wildman–Crippen MR) is 146 cm³/mol. The lowest BCUT2D eigenvalue weighted by atomic mass is 9.68. The number of H-pyrrole nitrogens is 1. The maximum atomic E-state index is 13.8. The Balaban J connectivity index is 1.31. The van der Waals surface area contributed by atoms with Gasteiger partial charge in [-0.2, -0.15) is 0 Å². The number of thiazole rings is 1. The summed E-state index contributed by atoms with van der Waals surface area (Å²) in [5.41, 5.74) is 2.95. The number of rotatable bonds is 3. The van der Waals surface area contributed by atoms with Crippen LogP contribution >= 0.6 is 39.0 Å². The van der Waals surface area contributed by atoms with Crippen LogP contribution in [0.4, 0.5) is 11.4 Å². The fourth-order valence-electron chi connectivity index (χ4n) is 7.21. The number of nitrogens with zero attached hydrogens (tertiary/aromatic N) is 2. The first-order chi connectivity index (χ1) is 17.3. The molecule has 7 atom stereocenters. The van der Waals surface area contributed by atoms with Crippen LogP contribution in [-0.4, -0.2) is 36.1 Å². The van der Waals surface area contributed by atoms with Crippen molar-refractivity contribution in [1.82, 2.24) is 4.98 Å². The van der Waals surface area contributed by atoms with Gasteiger partial charge in [-0.1, -0.05) is 39.4 Å². The van der Waals surface area contributed by atoms with Crippen LogP contribution in [0.1, 0.15) is 22.8 Å². The Bertz CT molecular complexity index is 1450. The van der Waals surface area contributed by atoms with Gasteiger partial charge in [0.2, 0.25) is 11.8 Å². The van der Waals surface area contributed by atoms with E-state index in [1.807, 2.05) is 38.4 Å². The number of benzene rings is 2. The summed E-state index contributed by atoms with van der Waals surface area (Å²) in [5.74, 6) is -0.157. The Labute approximate surface area is 225 Å². The van der Waals surface area contributed by atoms with E-state index in [4.69, 9.17) is 0 Å². The van der Waals surface area contributed by atoms with Gasteiger partial charge < -0.3 is 9.88 Å². The lowest BCUT2D eigenvalue weighted by molar-refractivity contribution is -0.123. The quantitative estimate of drug-likeness (QED) is 0.443. The third kappa shape index (κ3) is 3.12. The SMILES string of the molecule is CN(C)c1ccc(C2c3sc(=O)[nH]c3SC3C2[C@H]2C[C@@H]3C3C(=O)N(c4ccc(Br)cc4)C(=O)C32)cc1. The molecule has 5 unspecified atom stereocenters. The van der Waals surface area contributed by atoms with E-state index < -0.39 is 0 Å². The number of hydrogen-bond acceptors (Lipinski definition) is 6. The molecule has 2 bridgehead atoms. The van der Waals surface area contributed by atoms with E-state index in [9.17, 15) is 14.4 Å². The molecule has 9 heteroatoms. The predicted octanol–water partition coefficient (Wildman–Crippen LogP) is 4.94. The van der Waals surface area contributed by atoms with E-state index in [1.54, 1.807) is 11.8 Å². The Hall–Kier alpha value is -2.36. The summed E-state index contributed by atoms with van der Waals surface area (Å²) in [6.45, 7) is 0. The highest BCUT2D eigenvalue weighted by Crippen LogP contribution is 2.68. The summed E-state index contributed by atoms with van der Waals surface area (Å²) >= 11 is 6.47. The molecule has 2 aromatic carbocycles. The molecule has 184 valence electrons. The first-order valence-corrected chi connectivity index (χ1v) is 14.6. The summed E-state index contributed by atoms with van der Waals surface area (Å²) in [7, 11) is 4.04. The molecule has 2 saturated carbocycles. The van der Waals surface area contributed by atoms with E-state index in [1.165, 1.54) is 21.8 Å². The van der Waals surface area contributed by atoms with Crippen LogP contribution in [0, 0.1) is 29.6 Å². The van der Waals surface area contributed by atoms with E-state index >= 15 is 0 Å². The van der Waals surface area contributed by atoms with Gasteiger partial charge in [-0.3, -0.25) is 19.3 Å². The van der Waals surface area contributed by atoms with Gasteiger partial charge in [0.1, 0.15) is 0 Å². The summed E-state index contributed by atoms with van der Waals surface area (Å²) in [4.78, 5) is 47.5. The molecule has 3 heterocycles. The molecule has 3 fully saturated rings. The highest BCUT2D eigenvalue weighted by atomic mass is 79.9. The molecule has 3 aromatic rings. The number of amides is 2. The molecule has 1 aromatic heterocycles. The summed E-state index contributed by atoms with van der Waals surface area (Å²) in [6.07, 6.45) is 0.898. The number of aromatic amines is 1. The maximum Gasteiger partial charge on any atom is 0.305 e. The zero-order chi connectivity index (χ0) is 24.9. The monoisotopic (exact) mass is 581 g/mol. The van der Waals surface area contributed by atoms with Crippen molar-refractivity contribution in [2.24, 2.45) is 29.6 Å². The number of fused-ring (bicyclic) bond motifs is 9. The van der Waals surface area contributed by atoms with Crippen molar-refractivity contribution < 1.29 is 9.59 Å². The van der Waals surface area contributed by atoms with Crippen molar-refractivity contribution >= 4 is 62.2 Å². The van der Waals surface area contributed by atoms with Crippen LogP contribution in [0.2, 0.25) is 0 Å². The highest BCUT2D eigenvalue weighted by Gasteiger charge is 2.69. The van der Waals surface area contributed by atoms with Crippen molar-refractivity contribution in [2.45, 2.75) is 22.6 Å². The summed E-state index contributed by atoms with van der Waals surface area (Å²) in [6, 6.07) is 16.0. The number of nitrogens with one attached hydrogen (secondary N) is 1. The summed E-state index contributed by atoms with van der Waals surface area (Å²) in [5, 5.41) is 1.15. The van der Waals surface area contributed by atoms with Gasteiger partial charge in [-0.15, -0.1) is 11.8 Å². The molecule has 2 amide bonds. The van der Waals surface area contributed by atoms with Crippen molar-refractivity contribution in [2.75, 3.05) is 23.9 Å². The number of carbonyl (C=O) groups excluding carboxylic acids is 2. The van der Waals surface area contributed by atoms with E-state index in [0.717, 1.165) is 26.5 Å². The number of halogens is 1. The first-order valence-electron chi connectivity index (χ1n) is 12.1. The molecular formula is C27H24BrN3O3S2. The minimum atomic E-state index is -0.284. The molecule has 0 spiro atoms. The Kier molecular flexibility index (Phi) is 5.11. The van der Waals surface area contributed by atoms with Crippen LogP contribution in [0.25, 0.3) is 0 Å². The van der Waals surface area contributed by atoms with Crippen LogP contribution in [0.3, 0.4) is 0 Å². The van der Waals surface area contributed by atoms with Crippen molar-refractivity contribution in [3.63, 3.8) is 0 Å². The number of imide groups is 1. The van der Waals surface area contributed by atoms with Crippen LogP contribution < -0.4 is 14.7 Å². The number of carbonyl (C=O) groups is 2. The van der Waals surface area contributed by atoms with Gasteiger partial charge in [0.25, 0.3) is 0 Å². The van der Waals surface area contributed by atoms with Gasteiger partial charge in [-0.05, 0) is 66.1 Å². The normalized spacial score (nSPS) is 32.0. The molecule has 36 heavy (non-hydrogen) atoms. The van der Waals surface area contributed by atoms with Crippen LogP contribution in [0.5, 0.6) is 0 Å². The van der Waals surface area contributed by atoms with E-state index in [0.29, 0.717) is 5.69 Å². The van der Waals surface area contributed by atoms with E-state index in [2.05, 4.69) is 50.1 Å². The molecule has 7 rings (SSSR count). The fraction of sp³-hybridized carbons (Fsp3) is 0.370. The topological polar surface area (TPSA) is 73.5 Å². The molecule has 0 radical (unpaired) electrons. The van der Waals surface area contributed by atoms with Gasteiger partial charge in [0, 0.05) is 40.3 Å². The second-order valence-corrected chi connectivity index (χ2v) is 13.6. The zero-order valence-corrected chi connectivity index (χ0v) is 22.9. The smallest absolute Gasteiger partial charge is 0.305 e. The molecule has 1 saturated heterocycles. The molecule has 4 aliphatic rings. The largest absolute Gasteiger partial charge is 0.378 e.